The molecule has 2 heteroatoms. The van der Waals surface area contributed by atoms with E-state index in [-0.39, 0.29) is 11.6 Å². The summed E-state index contributed by atoms with van der Waals surface area (Å²) in [6.45, 7) is 11.8. The molecule has 2 nitrogen and oxygen atoms in total. The average Bonchev–Trinajstić information content (AvgIpc) is 2.00. The summed E-state index contributed by atoms with van der Waals surface area (Å²) < 4.78 is 0. The molecule has 0 heterocycles. The molecule has 0 bridgehead atoms. The fourth-order valence-electron chi connectivity index (χ4n) is 0.858. The third-order valence-electron chi connectivity index (χ3n) is 1.63. The van der Waals surface area contributed by atoms with Crippen molar-refractivity contribution >= 4 is 11.6 Å². The van der Waals surface area contributed by atoms with E-state index in [2.05, 4.69) is 13.2 Å². The van der Waals surface area contributed by atoms with Gasteiger partial charge in [0.15, 0.2) is 11.6 Å². The summed E-state index contributed by atoms with van der Waals surface area (Å²) in [5.74, 6) is -1.04. The van der Waals surface area contributed by atoms with Crippen molar-refractivity contribution in [1.82, 2.24) is 0 Å². The molecule has 0 amide bonds. The predicted molar refractivity (Wildman–Crippen MR) is 48.8 cm³/mol. The Balaban J connectivity index is 4.51. The topological polar surface area (TPSA) is 34.1 Å². The number of rotatable bonds is 4. The third-order valence-corrected chi connectivity index (χ3v) is 1.63. The summed E-state index contributed by atoms with van der Waals surface area (Å²) in [5.41, 5.74) is 0.828. The highest BCUT2D eigenvalue weighted by Gasteiger charge is 2.21. The van der Waals surface area contributed by atoms with Crippen LogP contribution in [0.3, 0.4) is 0 Å². The summed E-state index contributed by atoms with van der Waals surface area (Å²) >= 11 is 0. The van der Waals surface area contributed by atoms with Gasteiger partial charge in [-0.2, -0.15) is 0 Å². The minimum atomic E-state index is -0.625. The van der Waals surface area contributed by atoms with Gasteiger partial charge in [-0.15, -0.1) is 0 Å². The van der Waals surface area contributed by atoms with Gasteiger partial charge in [-0.1, -0.05) is 13.2 Å². The smallest absolute Gasteiger partial charge is 0.168 e. The summed E-state index contributed by atoms with van der Waals surface area (Å²) in [6.07, 6.45) is 0. The maximum absolute atomic E-state index is 11.2. The second kappa shape index (κ2) is 4.00. The highest BCUT2D eigenvalue weighted by atomic mass is 16.1. The molecule has 0 aromatic carbocycles. The molecular formula is C10H14O2. The molecule has 0 rings (SSSR count). The van der Waals surface area contributed by atoms with Gasteiger partial charge in [0, 0.05) is 0 Å². The van der Waals surface area contributed by atoms with Gasteiger partial charge in [0.05, 0.1) is 5.92 Å². The zero-order chi connectivity index (χ0) is 9.89. The van der Waals surface area contributed by atoms with Crippen molar-refractivity contribution in [3.63, 3.8) is 0 Å². The van der Waals surface area contributed by atoms with Crippen LogP contribution in [-0.4, -0.2) is 11.6 Å². The molecule has 0 aromatic rings. The van der Waals surface area contributed by atoms with E-state index in [1.165, 1.54) is 0 Å². The van der Waals surface area contributed by atoms with E-state index >= 15 is 0 Å². The van der Waals surface area contributed by atoms with Crippen LogP contribution >= 0.6 is 0 Å². The number of carbonyl (C=O) groups excluding carboxylic acids is 2. The van der Waals surface area contributed by atoms with Crippen molar-refractivity contribution in [3.8, 4) is 0 Å². The molecule has 66 valence electrons. The zero-order valence-corrected chi connectivity index (χ0v) is 7.81. The fraction of sp³-hybridized carbons (Fsp3) is 0.400. The van der Waals surface area contributed by atoms with Crippen molar-refractivity contribution in [2.24, 2.45) is 5.92 Å². The lowest BCUT2D eigenvalue weighted by Crippen LogP contribution is -2.21. The number of hydrogen-bond donors (Lipinski definition) is 0. The molecule has 12 heavy (non-hydrogen) atoms. The summed E-state index contributed by atoms with van der Waals surface area (Å²) in [4.78, 5) is 22.5. The SMILES string of the molecule is C=C(C)C(=O)C(C)C(=O)C(=C)C. The monoisotopic (exact) mass is 166 g/mol. The van der Waals surface area contributed by atoms with Gasteiger partial charge in [0.1, 0.15) is 0 Å². The van der Waals surface area contributed by atoms with E-state index in [1.54, 1.807) is 20.8 Å². The average molecular weight is 166 g/mol. The number of allylic oxidation sites excluding steroid dienone is 2. The second-order valence-corrected chi connectivity index (χ2v) is 3.01. The van der Waals surface area contributed by atoms with Gasteiger partial charge in [-0.05, 0) is 31.9 Å². The number of Topliss-reactive ketones (excluding diaryl/α,β-unsaturated/α-hetero) is 2. The predicted octanol–water partition coefficient (Wildman–Crippen LogP) is 1.91. The highest BCUT2D eigenvalue weighted by molar-refractivity contribution is 6.14. The first-order valence-electron chi connectivity index (χ1n) is 3.77. The lowest BCUT2D eigenvalue weighted by Gasteiger charge is -2.07. The van der Waals surface area contributed by atoms with E-state index in [4.69, 9.17) is 0 Å². The van der Waals surface area contributed by atoms with Crippen LogP contribution in [0, 0.1) is 5.92 Å². The van der Waals surface area contributed by atoms with Gasteiger partial charge >= 0.3 is 0 Å². The Morgan fingerprint density at radius 2 is 1.25 bits per heavy atom. The molecule has 0 atom stereocenters. The Hall–Kier alpha value is -1.18. The van der Waals surface area contributed by atoms with Gasteiger partial charge in [0.2, 0.25) is 0 Å². The quantitative estimate of drug-likeness (QED) is 0.472. The van der Waals surface area contributed by atoms with Crippen LogP contribution in [0.25, 0.3) is 0 Å². The first-order valence-corrected chi connectivity index (χ1v) is 3.77. The first-order chi connectivity index (χ1) is 5.37. The standard InChI is InChI=1S/C10H14O2/c1-6(2)9(11)8(5)10(12)7(3)4/h8H,1,3H2,2,4-5H3. The molecule has 0 radical (unpaired) electrons. The van der Waals surface area contributed by atoms with Gasteiger partial charge in [-0.25, -0.2) is 0 Å². The molecule has 0 saturated carbocycles. The molecular weight excluding hydrogens is 152 g/mol. The third kappa shape index (κ3) is 2.46. The Morgan fingerprint density at radius 1 is 1.00 bits per heavy atom. The molecule has 0 N–H and O–H groups in total. The van der Waals surface area contributed by atoms with Crippen LogP contribution in [0.15, 0.2) is 24.3 Å². The molecule has 0 unspecified atom stereocenters. The molecule has 0 spiro atoms. The maximum atomic E-state index is 11.2. The van der Waals surface area contributed by atoms with E-state index in [0.717, 1.165) is 0 Å². The minimum absolute atomic E-state index is 0.206. The zero-order valence-electron chi connectivity index (χ0n) is 7.81. The fourth-order valence-corrected chi connectivity index (χ4v) is 0.858. The Morgan fingerprint density at radius 3 is 1.42 bits per heavy atom. The molecule has 0 saturated heterocycles. The van der Waals surface area contributed by atoms with Crippen LogP contribution in [-0.2, 0) is 9.59 Å². The number of hydrogen-bond acceptors (Lipinski definition) is 2. The van der Waals surface area contributed by atoms with Crippen LogP contribution in [0.2, 0.25) is 0 Å². The highest BCUT2D eigenvalue weighted by Crippen LogP contribution is 2.09. The number of ketones is 2. The number of carbonyl (C=O) groups is 2. The van der Waals surface area contributed by atoms with E-state index in [1.807, 2.05) is 0 Å². The largest absolute Gasteiger partial charge is 0.294 e. The maximum Gasteiger partial charge on any atom is 0.168 e. The second-order valence-electron chi connectivity index (χ2n) is 3.01. The van der Waals surface area contributed by atoms with Crippen molar-refractivity contribution in [2.45, 2.75) is 20.8 Å². The molecule has 0 aliphatic heterocycles. The van der Waals surface area contributed by atoms with Gasteiger partial charge in [-0.3, -0.25) is 9.59 Å². The van der Waals surface area contributed by atoms with Crippen LogP contribution in [0.4, 0.5) is 0 Å². The summed E-state index contributed by atoms with van der Waals surface area (Å²) in [6, 6.07) is 0. The molecule has 0 aromatic heterocycles. The summed E-state index contributed by atoms with van der Waals surface area (Å²) in [5, 5.41) is 0. The van der Waals surface area contributed by atoms with Gasteiger partial charge in [0.25, 0.3) is 0 Å². The Labute approximate surface area is 73.0 Å². The van der Waals surface area contributed by atoms with Crippen LogP contribution in [0.1, 0.15) is 20.8 Å². The van der Waals surface area contributed by atoms with Crippen molar-refractivity contribution in [2.75, 3.05) is 0 Å². The van der Waals surface area contributed by atoms with Crippen molar-refractivity contribution in [1.29, 1.82) is 0 Å². The lowest BCUT2D eigenvalue weighted by molar-refractivity contribution is -0.127. The van der Waals surface area contributed by atoms with Crippen LogP contribution < -0.4 is 0 Å². The van der Waals surface area contributed by atoms with E-state index in [9.17, 15) is 9.59 Å². The van der Waals surface area contributed by atoms with E-state index in [0.29, 0.717) is 11.1 Å². The van der Waals surface area contributed by atoms with E-state index < -0.39 is 5.92 Å². The van der Waals surface area contributed by atoms with Crippen LogP contribution in [0.5, 0.6) is 0 Å². The van der Waals surface area contributed by atoms with Crippen molar-refractivity contribution < 1.29 is 9.59 Å². The minimum Gasteiger partial charge on any atom is -0.294 e. The molecule has 0 aliphatic rings. The normalized spacial score (nSPS) is 9.67. The molecule has 0 aliphatic carbocycles. The Bertz CT molecular complexity index is 223. The van der Waals surface area contributed by atoms with Crippen molar-refractivity contribution in [3.05, 3.63) is 24.3 Å². The first kappa shape index (κ1) is 10.8. The molecule has 0 fully saturated rings. The Kier molecular flexibility index (Phi) is 3.61. The summed E-state index contributed by atoms with van der Waals surface area (Å²) in [7, 11) is 0. The lowest BCUT2D eigenvalue weighted by atomic mass is 9.94. The van der Waals surface area contributed by atoms with Gasteiger partial charge < -0.3 is 0 Å².